The number of methoxy groups -OCH3 is 3. The summed E-state index contributed by atoms with van der Waals surface area (Å²) >= 11 is 0. The Balaban J connectivity index is 1.01. The summed E-state index contributed by atoms with van der Waals surface area (Å²) in [4.78, 5) is 48.6. The van der Waals surface area contributed by atoms with Gasteiger partial charge in [-0.2, -0.15) is 0 Å². The third-order valence-electron chi connectivity index (χ3n) is 21.3. The maximum Gasteiger partial charge on any atom is 0.494 e. The average Bonchev–Trinajstić information content (AvgIpc) is 1.56. The van der Waals surface area contributed by atoms with Gasteiger partial charge in [-0.25, -0.2) is 4.79 Å². The second-order valence-electron chi connectivity index (χ2n) is 31.1. The first-order valence-corrected chi connectivity index (χ1v) is 41.0. The maximum atomic E-state index is 16.5. The lowest BCUT2D eigenvalue weighted by atomic mass is 9.69. The Morgan fingerprint density at radius 2 is 0.802 bits per heavy atom. The number of hydrogen-bond acceptors (Lipinski definition) is 19. The third-order valence-corrected chi connectivity index (χ3v) is 21.3. The fraction of sp³-hybridized carbons (Fsp3) is 0.473. The van der Waals surface area contributed by atoms with Gasteiger partial charge >= 0.3 is 13.2 Å². The van der Waals surface area contributed by atoms with Crippen molar-refractivity contribution in [1.29, 1.82) is 0 Å². The number of nitrogens with one attached hydrogen (secondary N) is 1. The summed E-state index contributed by atoms with van der Waals surface area (Å²) in [6.07, 6.45) is 4.13. The van der Waals surface area contributed by atoms with Crippen molar-refractivity contribution in [3.63, 3.8) is 0 Å². The smallest absolute Gasteiger partial charge is 0.494 e. The van der Waals surface area contributed by atoms with Gasteiger partial charge in [-0.05, 0) is 222 Å². The Hall–Kier alpha value is -9.11. The molecule has 11 rings (SSSR count). The van der Waals surface area contributed by atoms with Crippen LogP contribution < -0.4 is 34.5 Å². The predicted molar refractivity (Wildman–Crippen MR) is 450 cm³/mol. The number of fused-ring (bicyclic) bond motifs is 4. The molecule has 1 fully saturated rings. The molecular formula is C93H118BN3O19. The van der Waals surface area contributed by atoms with Gasteiger partial charge in [0.2, 0.25) is 0 Å². The zero-order valence-corrected chi connectivity index (χ0v) is 70.2. The van der Waals surface area contributed by atoms with Crippen LogP contribution in [0.4, 0.5) is 4.79 Å². The maximum absolute atomic E-state index is 16.5. The van der Waals surface area contributed by atoms with Crippen molar-refractivity contribution >= 4 is 41.9 Å². The molecule has 0 radical (unpaired) electrons. The second kappa shape index (κ2) is 41.8. The summed E-state index contributed by atoms with van der Waals surface area (Å²) in [7, 11) is 4.42. The van der Waals surface area contributed by atoms with Crippen LogP contribution in [0, 0.1) is 0 Å². The Morgan fingerprint density at radius 3 is 1.25 bits per heavy atom. The molecule has 3 heterocycles. The highest BCUT2D eigenvalue weighted by atomic mass is 16.7. The first-order valence-electron chi connectivity index (χ1n) is 41.0. The molecule has 7 aromatic rings. The standard InChI is InChI=1S/C93H118BN3O19/c1-14-104-48-52-111-76-56-65(55-75(61-76)110-51-45-103-13)63-97-86(71-27-23-69(24-28-71)72-31-35-79-80-36-32-73(94-115-91(7,8)92(9,10)116-94)60-82(80)93(81(79)59-72,37-19-40-107-46-43-101-11)38-20-41-108-47-44-102-12)84-83(87(97)98)85(96(88(84)99)64-66-57-77(112-53-49-105-15-2)62-78(58-66)113-54-50-106-16-3)70-25-21-67(22-26-70)68-29-33-74(34-30-68)109-42-18-17-39-95-89(100)114-90(4,5)6/h21-36,55-62H,14-20,37-54,63-64H2,1-13H3,(H,95,100). The zero-order valence-electron chi connectivity index (χ0n) is 70.2. The largest absolute Gasteiger partial charge is 0.494 e. The van der Waals surface area contributed by atoms with Crippen LogP contribution >= 0.6 is 0 Å². The van der Waals surface area contributed by atoms with Crippen LogP contribution in [0.1, 0.15) is 141 Å². The monoisotopic (exact) mass is 1590 g/mol. The summed E-state index contributed by atoms with van der Waals surface area (Å²) in [6, 6.07) is 48.8. The molecule has 3 aliphatic heterocycles. The van der Waals surface area contributed by atoms with Gasteiger partial charge in [0.25, 0.3) is 11.8 Å². The van der Waals surface area contributed by atoms with Gasteiger partial charge < -0.3 is 90.7 Å². The molecule has 0 saturated carbocycles. The normalized spacial score (nSPS) is 15.2. The van der Waals surface area contributed by atoms with Crippen molar-refractivity contribution in [3.05, 3.63) is 190 Å². The van der Waals surface area contributed by atoms with Gasteiger partial charge in [0.1, 0.15) is 60.8 Å². The van der Waals surface area contributed by atoms with Crippen molar-refractivity contribution in [2.24, 2.45) is 0 Å². The topological polar surface area (TPSA) is 217 Å². The van der Waals surface area contributed by atoms with Crippen molar-refractivity contribution in [3.8, 4) is 62.1 Å². The highest BCUT2D eigenvalue weighted by Gasteiger charge is 2.53. The van der Waals surface area contributed by atoms with E-state index in [4.69, 9.17) is 75.6 Å². The van der Waals surface area contributed by atoms with Crippen LogP contribution in [-0.2, 0) is 80.0 Å². The van der Waals surface area contributed by atoms with Crippen LogP contribution in [0.5, 0.6) is 28.7 Å². The Bertz CT molecular complexity index is 4400. The Kier molecular flexibility index (Phi) is 31.6. The number of carbonyl (C=O) groups is 3. The summed E-state index contributed by atoms with van der Waals surface area (Å²) < 4.78 is 95.9. The molecule has 1 aliphatic carbocycles. The van der Waals surface area contributed by atoms with Crippen LogP contribution in [0.2, 0.25) is 0 Å². The first kappa shape index (κ1) is 87.7. The Labute approximate surface area is 685 Å². The molecular weight excluding hydrogens is 1470 g/mol. The minimum Gasteiger partial charge on any atom is -0.494 e. The number of unbranched alkanes of at least 4 members (excludes halogenated alkanes) is 1. The predicted octanol–water partition coefficient (Wildman–Crippen LogP) is 15.6. The van der Waals surface area contributed by atoms with Crippen LogP contribution in [0.15, 0.2) is 157 Å². The van der Waals surface area contributed by atoms with Gasteiger partial charge in [-0.15, -0.1) is 0 Å². The lowest BCUT2D eigenvalue weighted by molar-refractivity contribution is -0.124. The van der Waals surface area contributed by atoms with E-state index in [0.717, 1.165) is 77.4 Å². The molecule has 622 valence electrons. The highest BCUT2D eigenvalue weighted by molar-refractivity contribution is 6.62. The lowest BCUT2D eigenvalue weighted by Crippen LogP contribution is -2.41. The molecule has 0 spiro atoms. The van der Waals surface area contributed by atoms with E-state index < -0.39 is 35.4 Å². The third kappa shape index (κ3) is 22.4. The minimum absolute atomic E-state index is 0.0266. The molecule has 0 aromatic heterocycles. The van der Waals surface area contributed by atoms with E-state index in [9.17, 15) is 4.79 Å². The summed E-state index contributed by atoms with van der Waals surface area (Å²) in [5.74, 6) is 2.06. The fourth-order valence-corrected chi connectivity index (χ4v) is 15.0. The molecule has 23 heteroatoms. The number of nitrogens with zero attached hydrogens (tertiary/aromatic N) is 2. The molecule has 22 nitrogen and oxygen atoms in total. The Morgan fingerprint density at radius 1 is 0.414 bits per heavy atom. The zero-order chi connectivity index (χ0) is 82.2. The van der Waals surface area contributed by atoms with Gasteiger partial charge in [0.05, 0.1) is 106 Å². The second-order valence-corrected chi connectivity index (χ2v) is 31.1. The van der Waals surface area contributed by atoms with Crippen molar-refractivity contribution in [1.82, 2.24) is 15.1 Å². The average molecular weight is 1590 g/mol. The molecule has 4 aliphatic rings. The molecule has 1 N–H and O–H groups in total. The molecule has 7 aromatic carbocycles. The molecule has 3 amide bonds. The van der Waals surface area contributed by atoms with E-state index in [1.807, 2.05) is 139 Å². The number of carbonyl (C=O) groups excluding carboxylic acids is 3. The number of amides is 3. The summed E-state index contributed by atoms with van der Waals surface area (Å²) in [5.41, 5.74) is 11.4. The van der Waals surface area contributed by atoms with E-state index in [2.05, 4.69) is 81.5 Å². The fourth-order valence-electron chi connectivity index (χ4n) is 15.0. The van der Waals surface area contributed by atoms with Gasteiger partial charge in [-0.1, -0.05) is 91.0 Å². The molecule has 1 saturated heterocycles. The number of hydrogen-bond donors (Lipinski definition) is 1. The highest BCUT2D eigenvalue weighted by Crippen LogP contribution is 2.55. The van der Waals surface area contributed by atoms with Gasteiger partial charge in [-0.3, -0.25) is 9.59 Å². The van der Waals surface area contributed by atoms with Crippen LogP contribution in [0.25, 0.3) is 44.8 Å². The van der Waals surface area contributed by atoms with E-state index in [-0.39, 0.29) is 62.5 Å². The molecule has 116 heavy (non-hydrogen) atoms. The van der Waals surface area contributed by atoms with Crippen molar-refractivity contribution < 1.29 is 90.0 Å². The van der Waals surface area contributed by atoms with Crippen LogP contribution in [-0.4, -0.2) is 198 Å². The SMILES string of the molecule is CCOCCOc1cc(CN2C(=O)C3=C(c4ccc(-c5ccc(OCCCCNC(=O)OC(C)(C)C)cc5)cc4)N(Cc4cc(OCCOCC)cc(OCCOCC)c4)C(=O)C3=C2c2ccc(-c3ccc4c(c3)C(CCCOCCOC)(CCCOCCOC)c3cc(B5OC(C)(C)C(C)(C)O5)ccc3-4)cc2)cc(OCCOC)c1. The minimum atomic E-state index is -0.574. The molecule has 0 atom stereocenters. The van der Waals surface area contributed by atoms with Crippen LogP contribution in [0.3, 0.4) is 0 Å². The van der Waals surface area contributed by atoms with Gasteiger partial charge in [0, 0.05) is 78.5 Å². The van der Waals surface area contributed by atoms with E-state index in [1.54, 1.807) is 31.1 Å². The van der Waals surface area contributed by atoms with E-state index >= 15 is 9.59 Å². The van der Waals surface area contributed by atoms with Crippen molar-refractivity contribution in [2.45, 2.75) is 143 Å². The van der Waals surface area contributed by atoms with Gasteiger partial charge in [0.15, 0.2) is 0 Å². The summed E-state index contributed by atoms with van der Waals surface area (Å²) in [6.45, 7) is 27.9. The number of rotatable bonds is 48. The summed E-state index contributed by atoms with van der Waals surface area (Å²) in [5, 5.41) is 2.81. The molecule has 0 bridgehead atoms. The van der Waals surface area contributed by atoms with E-state index in [1.165, 1.54) is 11.1 Å². The number of benzene rings is 7. The number of ether oxygens (including phenoxy) is 14. The quantitative estimate of drug-likeness (QED) is 0.0277. The molecule has 0 unspecified atom stereocenters. The number of alkyl carbamates (subject to hydrolysis) is 1. The van der Waals surface area contributed by atoms with Crippen molar-refractivity contribution in [2.75, 3.05) is 147 Å². The lowest BCUT2D eigenvalue weighted by Gasteiger charge is -2.33. The first-order chi connectivity index (χ1) is 56.1. The van der Waals surface area contributed by atoms with E-state index in [0.29, 0.717) is 161 Å².